The number of hydrogen-bond donors (Lipinski definition) is 3. The average molecular weight is 252 g/mol. The first-order chi connectivity index (χ1) is 8.67. The van der Waals surface area contributed by atoms with Gasteiger partial charge in [0.05, 0.1) is 6.04 Å². The second-order valence-electron chi connectivity index (χ2n) is 4.15. The fourth-order valence-electron chi connectivity index (χ4n) is 1.55. The van der Waals surface area contributed by atoms with E-state index in [0.29, 0.717) is 5.96 Å². The molecule has 0 spiro atoms. The molecule has 0 aromatic heterocycles. The van der Waals surface area contributed by atoms with Gasteiger partial charge in [-0.05, 0) is 31.0 Å². The van der Waals surface area contributed by atoms with Gasteiger partial charge in [0, 0.05) is 6.54 Å². The maximum absolute atomic E-state index is 13.1. The van der Waals surface area contributed by atoms with Crippen molar-refractivity contribution in [1.29, 1.82) is 0 Å². The van der Waals surface area contributed by atoms with Gasteiger partial charge in [-0.2, -0.15) is 0 Å². The molecule has 0 saturated heterocycles. The molecule has 0 heterocycles. The van der Waals surface area contributed by atoms with Gasteiger partial charge < -0.3 is 5.32 Å². The molecular formula is C13H21FN4. The van der Waals surface area contributed by atoms with E-state index in [4.69, 9.17) is 5.84 Å². The first-order valence-corrected chi connectivity index (χ1v) is 6.20. The number of rotatable bonds is 5. The van der Waals surface area contributed by atoms with Gasteiger partial charge >= 0.3 is 0 Å². The molecule has 0 aliphatic carbocycles. The highest BCUT2D eigenvalue weighted by Crippen LogP contribution is 2.12. The second-order valence-corrected chi connectivity index (χ2v) is 4.15. The minimum absolute atomic E-state index is 0.0582. The van der Waals surface area contributed by atoms with Gasteiger partial charge in [0.1, 0.15) is 5.82 Å². The van der Waals surface area contributed by atoms with Crippen molar-refractivity contribution < 1.29 is 4.39 Å². The molecule has 4 N–H and O–H groups in total. The van der Waals surface area contributed by atoms with Crippen molar-refractivity contribution in [3.8, 4) is 0 Å². The summed E-state index contributed by atoms with van der Waals surface area (Å²) in [5.74, 6) is 5.68. The zero-order chi connectivity index (χ0) is 13.4. The predicted octanol–water partition coefficient (Wildman–Crippen LogP) is 2.10. The molecule has 18 heavy (non-hydrogen) atoms. The Bertz CT molecular complexity index is 392. The number of nitrogens with one attached hydrogen (secondary N) is 2. The summed E-state index contributed by atoms with van der Waals surface area (Å²) in [7, 11) is 0. The number of guanidine groups is 1. The zero-order valence-electron chi connectivity index (χ0n) is 10.9. The van der Waals surface area contributed by atoms with Gasteiger partial charge in [0.25, 0.3) is 0 Å². The quantitative estimate of drug-likeness (QED) is 0.247. The molecule has 0 saturated carbocycles. The molecule has 0 aliphatic rings. The van der Waals surface area contributed by atoms with E-state index >= 15 is 0 Å². The molecule has 0 amide bonds. The Morgan fingerprint density at radius 1 is 1.50 bits per heavy atom. The maximum atomic E-state index is 13.1. The number of hydrogen-bond acceptors (Lipinski definition) is 2. The highest BCUT2D eigenvalue weighted by Gasteiger charge is 2.07. The largest absolute Gasteiger partial charge is 0.349 e. The Morgan fingerprint density at radius 3 is 2.89 bits per heavy atom. The van der Waals surface area contributed by atoms with Gasteiger partial charge in [0.2, 0.25) is 5.96 Å². The van der Waals surface area contributed by atoms with E-state index < -0.39 is 0 Å². The molecule has 0 aliphatic heterocycles. The topological polar surface area (TPSA) is 62.4 Å². The smallest absolute Gasteiger partial charge is 0.206 e. The predicted molar refractivity (Wildman–Crippen MR) is 72.5 cm³/mol. The number of benzene rings is 1. The van der Waals surface area contributed by atoms with Crippen LogP contribution < -0.4 is 16.6 Å². The Hall–Kier alpha value is -1.62. The first kappa shape index (κ1) is 14.4. The van der Waals surface area contributed by atoms with Gasteiger partial charge in [-0.15, -0.1) is 0 Å². The molecule has 100 valence electrons. The van der Waals surface area contributed by atoms with E-state index in [0.717, 1.165) is 24.9 Å². The normalized spacial score (nSPS) is 13.2. The summed E-state index contributed by atoms with van der Waals surface area (Å²) in [6.45, 7) is 4.76. The highest BCUT2D eigenvalue weighted by molar-refractivity contribution is 5.79. The number of unbranched alkanes of at least 4 members (excludes halogenated alkanes) is 1. The summed E-state index contributed by atoms with van der Waals surface area (Å²) in [5.41, 5.74) is 3.38. The number of aliphatic imine (C=N–C) groups is 1. The van der Waals surface area contributed by atoms with Gasteiger partial charge in [-0.25, -0.2) is 10.2 Å². The molecule has 1 unspecified atom stereocenters. The van der Waals surface area contributed by atoms with Crippen molar-refractivity contribution in [3.05, 3.63) is 35.6 Å². The van der Waals surface area contributed by atoms with Crippen LogP contribution in [0.25, 0.3) is 0 Å². The van der Waals surface area contributed by atoms with Crippen molar-refractivity contribution >= 4 is 5.96 Å². The van der Waals surface area contributed by atoms with Gasteiger partial charge in [0.15, 0.2) is 0 Å². The summed E-state index contributed by atoms with van der Waals surface area (Å²) in [6.07, 6.45) is 2.10. The van der Waals surface area contributed by atoms with E-state index in [-0.39, 0.29) is 11.9 Å². The molecule has 4 nitrogen and oxygen atoms in total. The lowest BCUT2D eigenvalue weighted by molar-refractivity contribution is 0.616. The molecule has 1 aromatic carbocycles. The van der Waals surface area contributed by atoms with Crippen LogP contribution in [0.15, 0.2) is 29.3 Å². The number of hydrazine groups is 1. The van der Waals surface area contributed by atoms with E-state index in [2.05, 4.69) is 22.7 Å². The standard InChI is InChI=1S/C13H21FN4/c1-3-4-8-16-13(18-15)17-10(2)11-6-5-7-12(14)9-11/h5-7,9-10H,3-4,8,15H2,1-2H3,(H2,16,17,18). The summed E-state index contributed by atoms with van der Waals surface area (Å²) in [4.78, 5) is 4.30. The van der Waals surface area contributed by atoms with Crippen LogP contribution in [0.5, 0.6) is 0 Å². The molecule has 1 rings (SSSR count). The Balaban J connectivity index is 2.61. The van der Waals surface area contributed by atoms with Crippen LogP contribution in [-0.4, -0.2) is 12.5 Å². The van der Waals surface area contributed by atoms with Crippen molar-refractivity contribution in [3.63, 3.8) is 0 Å². The van der Waals surface area contributed by atoms with Crippen molar-refractivity contribution in [2.45, 2.75) is 32.7 Å². The van der Waals surface area contributed by atoms with Crippen LogP contribution in [0.1, 0.15) is 38.3 Å². The van der Waals surface area contributed by atoms with Crippen LogP contribution >= 0.6 is 0 Å². The monoisotopic (exact) mass is 252 g/mol. The van der Waals surface area contributed by atoms with Crippen molar-refractivity contribution in [2.75, 3.05) is 6.54 Å². The minimum atomic E-state index is -0.244. The number of nitrogens with two attached hydrogens (primary N) is 1. The Kier molecular flexibility index (Phi) is 6.14. The van der Waals surface area contributed by atoms with E-state index in [9.17, 15) is 4.39 Å². The fraction of sp³-hybridized carbons (Fsp3) is 0.462. The van der Waals surface area contributed by atoms with Crippen molar-refractivity contribution in [2.24, 2.45) is 10.8 Å². The molecule has 1 aromatic rings. The molecular weight excluding hydrogens is 231 g/mol. The lowest BCUT2D eigenvalue weighted by Crippen LogP contribution is -2.42. The summed E-state index contributed by atoms with van der Waals surface area (Å²) < 4.78 is 13.1. The van der Waals surface area contributed by atoms with Crippen LogP contribution in [0.4, 0.5) is 4.39 Å². The molecule has 0 bridgehead atoms. The summed E-state index contributed by atoms with van der Waals surface area (Å²) >= 11 is 0. The van der Waals surface area contributed by atoms with Crippen LogP contribution in [0, 0.1) is 5.82 Å². The van der Waals surface area contributed by atoms with Crippen LogP contribution in [0.3, 0.4) is 0 Å². The second kappa shape index (κ2) is 7.66. The molecule has 1 atom stereocenters. The summed E-state index contributed by atoms with van der Waals surface area (Å²) in [5, 5.41) is 3.12. The summed E-state index contributed by atoms with van der Waals surface area (Å²) in [6, 6.07) is 6.41. The average Bonchev–Trinajstić information content (AvgIpc) is 2.37. The number of nitrogens with zero attached hydrogens (tertiary/aromatic N) is 1. The maximum Gasteiger partial charge on any atom is 0.206 e. The Labute approximate surface area is 107 Å². The first-order valence-electron chi connectivity index (χ1n) is 6.20. The number of halogens is 1. The lowest BCUT2D eigenvalue weighted by atomic mass is 10.1. The fourth-order valence-corrected chi connectivity index (χ4v) is 1.55. The highest BCUT2D eigenvalue weighted by atomic mass is 19.1. The van der Waals surface area contributed by atoms with E-state index in [1.54, 1.807) is 6.07 Å². The third-order valence-electron chi connectivity index (χ3n) is 2.62. The van der Waals surface area contributed by atoms with Crippen molar-refractivity contribution in [1.82, 2.24) is 10.7 Å². The minimum Gasteiger partial charge on any atom is -0.349 e. The molecule has 0 radical (unpaired) electrons. The van der Waals surface area contributed by atoms with Crippen LogP contribution in [0.2, 0.25) is 0 Å². The third-order valence-corrected chi connectivity index (χ3v) is 2.62. The lowest BCUT2D eigenvalue weighted by Gasteiger charge is -2.17. The van der Waals surface area contributed by atoms with Gasteiger partial charge in [-0.3, -0.25) is 10.4 Å². The van der Waals surface area contributed by atoms with E-state index in [1.807, 2.05) is 13.0 Å². The Morgan fingerprint density at radius 2 is 2.28 bits per heavy atom. The molecule has 5 heteroatoms. The van der Waals surface area contributed by atoms with Crippen LogP contribution in [-0.2, 0) is 0 Å². The van der Waals surface area contributed by atoms with Gasteiger partial charge in [-0.1, -0.05) is 25.5 Å². The third kappa shape index (κ3) is 4.71. The zero-order valence-corrected chi connectivity index (χ0v) is 10.9. The SMILES string of the molecule is CCCCN=C(NN)NC(C)c1cccc(F)c1. The van der Waals surface area contributed by atoms with E-state index in [1.165, 1.54) is 12.1 Å². The molecule has 0 fully saturated rings.